The van der Waals surface area contributed by atoms with Crippen molar-refractivity contribution in [2.75, 3.05) is 0 Å². The number of benzene rings is 1. The summed E-state index contributed by atoms with van der Waals surface area (Å²) in [7, 11) is 1.27. The van der Waals surface area contributed by atoms with Crippen LogP contribution >= 0.6 is 0 Å². The van der Waals surface area contributed by atoms with Gasteiger partial charge < -0.3 is 0 Å². The summed E-state index contributed by atoms with van der Waals surface area (Å²) in [6.45, 7) is 9.48. The molecule has 0 spiro atoms. The second-order valence-corrected chi connectivity index (χ2v) is 7.34. The molecule has 0 saturated carbocycles. The minimum absolute atomic E-state index is 0.543. The summed E-state index contributed by atoms with van der Waals surface area (Å²) >= 11 is 0. The van der Waals surface area contributed by atoms with E-state index in [1.54, 1.807) is 0 Å². The van der Waals surface area contributed by atoms with Crippen LogP contribution in [-0.2, 0) is 6.42 Å². The highest BCUT2D eigenvalue weighted by molar-refractivity contribution is 6.15. The van der Waals surface area contributed by atoms with Gasteiger partial charge in [0, 0.05) is 10.2 Å². The van der Waals surface area contributed by atoms with Gasteiger partial charge in [0.2, 0.25) is 0 Å². The molecule has 0 saturated heterocycles. The standard InChI is InChI=1S/C14H24Si/c1-11(2)14(15,12(3)4)10-13-8-6-5-7-9-13/h5-9,11-12H,10H2,1-4,15H3. The van der Waals surface area contributed by atoms with Gasteiger partial charge in [-0.1, -0.05) is 58.0 Å². The highest BCUT2D eigenvalue weighted by Gasteiger charge is 2.31. The maximum absolute atomic E-state index is 2.37. The Hall–Kier alpha value is -0.563. The molecule has 0 nitrogen and oxygen atoms in total. The molecule has 0 atom stereocenters. The molecule has 1 heteroatoms. The summed E-state index contributed by atoms with van der Waals surface area (Å²) in [5.74, 6) is 1.56. The summed E-state index contributed by atoms with van der Waals surface area (Å²) in [5.41, 5.74) is 1.50. The van der Waals surface area contributed by atoms with E-state index in [1.165, 1.54) is 22.2 Å². The second-order valence-electron chi connectivity index (χ2n) is 5.48. The highest BCUT2D eigenvalue weighted by atomic mass is 28.1. The van der Waals surface area contributed by atoms with Crippen LogP contribution in [-0.4, -0.2) is 10.2 Å². The van der Waals surface area contributed by atoms with Gasteiger partial charge in [-0.15, -0.1) is 0 Å². The highest BCUT2D eigenvalue weighted by Crippen LogP contribution is 2.42. The minimum atomic E-state index is 0.543. The molecular formula is C14H24Si. The van der Waals surface area contributed by atoms with E-state index in [4.69, 9.17) is 0 Å². The van der Waals surface area contributed by atoms with Crippen molar-refractivity contribution < 1.29 is 0 Å². The predicted molar refractivity (Wildman–Crippen MR) is 72.5 cm³/mol. The van der Waals surface area contributed by atoms with E-state index in [0.29, 0.717) is 5.04 Å². The van der Waals surface area contributed by atoms with E-state index in [1.807, 2.05) is 0 Å². The summed E-state index contributed by atoms with van der Waals surface area (Å²) in [4.78, 5) is 0. The molecule has 0 heterocycles. The van der Waals surface area contributed by atoms with Crippen LogP contribution in [0.1, 0.15) is 33.3 Å². The van der Waals surface area contributed by atoms with Crippen LogP contribution in [0.15, 0.2) is 30.3 Å². The molecule has 15 heavy (non-hydrogen) atoms. The predicted octanol–water partition coefficient (Wildman–Crippen LogP) is 3.07. The first kappa shape index (κ1) is 12.5. The lowest BCUT2D eigenvalue weighted by Gasteiger charge is -2.38. The smallest absolute Gasteiger partial charge is 0.0117 e. The normalized spacial score (nSPS) is 12.7. The van der Waals surface area contributed by atoms with Crippen molar-refractivity contribution in [3.8, 4) is 0 Å². The van der Waals surface area contributed by atoms with Gasteiger partial charge in [0.15, 0.2) is 0 Å². The van der Waals surface area contributed by atoms with Gasteiger partial charge in [0.05, 0.1) is 0 Å². The average Bonchev–Trinajstić information content (AvgIpc) is 2.18. The Labute approximate surface area is 97.5 Å². The molecule has 0 amide bonds. The van der Waals surface area contributed by atoms with Crippen LogP contribution in [0.5, 0.6) is 0 Å². The van der Waals surface area contributed by atoms with Crippen molar-refractivity contribution in [2.45, 2.75) is 39.2 Å². The van der Waals surface area contributed by atoms with Crippen molar-refractivity contribution in [3.05, 3.63) is 35.9 Å². The largest absolute Gasteiger partial charge is 0.0625 e. The topological polar surface area (TPSA) is 0 Å². The fourth-order valence-electron chi connectivity index (χ4n) is 2.11. The van der Waals surface area contributed by atoms with Crippen molar-refractivity contribution in [1.82, 2.24) is 0 Å². The fourth-order valence-corrected chi connectivity index (χ4v) is 2.52. The summed E-state index contributed by atoms with van der Waals surface area (Å²) in [5, 5.41) is 0.543. The van der Waals surface area contributed by atoms with Gasteiger partial charge in [0.1, 0.15) is 0 Å². The minimum Gasteiger partial charge on any atom is -0.0625 e. The molecule has 0 aliphatic heterocycles. The zero-order chi connectivity index (χ0) is 11.5. The van der Waals surface area contributed by atoms with E-state index < -0.39 is 0 Å². The van der Waals surface area contributed by atoms with Crippen LogP contribution in [0, 0.1) is 11.8 Å². The molecule has 1 aromatic rings. The van der Waals surface area contributed by atoms with Crippen LogP contribution in [0.25, 0.3) is 0 Å². The lowest BCUT2D eigenvalue weighted by molar-refractivity contribution is 0.310. The molecule has 1 rings (SSSR count). The van der Waals surface area contributed by atoms with Crippen LogP contribution in [0.2, 0.25) is 5.04 Å². The lowest BCUT2D eigenvalue weighted by atomic mass is 9.79. The van der Waals surface area contributed by atoms with E-state index >= 15 is 0 Å². The number of rotatable bonds is 4. The third kappa shape index (κ3) is 2.94. The molecule has 0 aliphatic carbocycles. The monoisotopic (exact) mass is 220 g/mol. The van der Waals surface area contributed by atoms with Crippen LogP contribution < -0.4 is 0 Å². The summed E-state index contributed by atoms with van der Waals surface area (Å²) in [6, 6.07) is 10.9. The maximum Gasteiger partial charge on any atom is 0.0117 e. The first-order valence-electron chi connectivity index (χ1n) is 6.00. The van der Waals surface area contributed by atoms with Crippen LogP contribution in [0.4, 0.5) is 0 Å². The molecule has 0 fully saturated rings. The quantitative estimate of drug-likeness (QED) is 0.684. The maximum atomic E-state index is 2.37. The molecule has 0 aromatic heterocycles. The molecule has 0 aliphatic rings. The van der Waals surface area contributed by atoms with Gasteiger partial charge >= 0.3 is 0 Å². The van der Waals surface area contributed by atoms with Crippen molar-refractivity contribution in [2.24, 2.45) is 11.8 Å². The Balaban J connectivity index is 2.85. The zero-order valence-corrected chi connectivity index (χ0v) is 12.7. The van der Waals surface area contributed by atoms with Crippen molar-refractivity contribution in [3.63, 3.8) is 0 Å². The third-order valence-corrected chi connectivity index (χ3v) is 6.73. The SMILES string of the molecule is CC(C)C([SiH3])(Cc1ccccc1)C(C)C. The Morgan fingerprint density at radius 1 is 1.00 bits per heavy atom. The van der Waals surface area contributed by atoms with Crippen molar-refractivity contribution in [1.29, 1.82) is 0 Å². The first-order chi connectivity index (χ1) is 6.97. The Morgan fingerprint density at radius 2 is 1.47 bits per heavy atom. The number of hydrogen-bond donors (Lipinski definition) is 0. The van der Waals surface area contributed by atoms with Crippen molar-refractivity contribution >= 4 is 10.2 Å². The second kappa shape index (κ2) is 4.98. The van der Waals surface area contributed by atoms with Gasteiger partial charge in [-0.05, 0) is 28.9 Å². The third-order valence-electron chi connectivity index (χ3n) is 4.07. The van der Waals surface area contributed by atoms with E-state index in [2.05, 4.69) is 58.0 Å². The summed E-state index contributed by atoms with van der Waals surface area (Å²) < 4.78 is 0. The lowest BCUT2D eigenvalue weighted by Crippen LogP contribution is -2.28. The Kier molecular flexibility index (Phi) is 4.15. The first-order valence-corrected chi connectivity index (χ1v) is 7.00. The Morgan fingerprint density at radius 3 is 1.87 bits per heavy atom. The molecule has 0 bridgehead atoms. The average molecular weight is 220 g/mol. The van der Waals surface area contributed by atoms with Gasteiger partial charge in [0.25, 0.3) is 0 Å². The molecule has 84 valence electrons. The molecule has 0 radical (unpaired) electrons. The number of hydrogen-bond acceptors (Lipinski definition) is 0. The van der Waals surface area contributed by atoms with Gasteiger partial charge in [-0.3, -0.25) is 0 Å². The molecule has 0 unspecified atom stereocenters. The van der Waals surface area contributed by atoms with Gasteiger partial charge in [-0.25, -0.2) is 0 Å². The van der Waals surface area contributed by atoms with Gasteiger partial charge in [-0.2, -0.15) is 0 Å². The van der Waals surface area contributed by atoms with Crippen LogP contribution in [0.3, 0.4) is 0 Å². The summed E-state index contributed by atoms with van der Waals surface area (Å²) in [6.07, 6.45) is 1.25. The Bertz CT molecular complexity index is 279. The molecule has 1 aromatic carbocycles. The fraction of sp³-hybridized carbons (Fsp3) is 0.571. The molecular weight excluding hydrogens is 196 g/mol. The zero-order valence-electron chi connectivity index (χ0n) is 10.7. The van der Waals surface area contributed by atoms with E-state index in [0.717, 1.165) is 11.8 Å². The van der Waals surface area contributed by atoms with E-state index in [9.17, 15) is 0 Å². The van der Waals surface area contributed by atoms with E-state index in [-0.39, 0.29) is 0 Å². The molecule has 0 N–H and O–H groups in total.